The molecule has 1 N–H and O–H groups in total. The minimum Gasteiger partial charge on any atom is -0.339 e. The Morgan fingerprint density at radius 2 is 1.92 bits per heavy atom. The third-order valence-corrected chi connectivity index (χ3v) is 6.07. The van der Waals surface area contributed by atoms with Gasteiger partial charge in [-0.15, -0.1) is 11.3 Å². The van der Waals surface area contributed by atoms with Crippen LogP contribution in [0.4, 0.5) is 5.00 Å². The smallest absolute Gasteiger partial charge is 0.257 e. The molecule has 0 fully saturated rings. The molecule has 0 bridgehead atoms. The van der Waals surface area contributed by atoms with Crippen LogP contribution >= 0.6 is 22.9 Å². The summed E-state index contributed by atoms with van der Waals surface area (Å²) in [6, 6.07) is 6.93. The van der Waals surface area contributed by atoms with Gasteiger partial charge in [-0.25, -0.2) is 0 Å². The van der Waals surface area contributed by atoms with E-state index in [1.54, 1.807) is 29.2 Å². The first kappa shape index (κ1) is 18.0. The van der Waals surface area contributed by atoms with Crippen LogP contribution in [0.5, 0.6) is 0 Å². The van der Waals surface area contributed by atoms with Crippen LogP contribution < -0.4 is 5.32 Å². The maximum Gasteiger partial charge on any atom is 0.257 e. The fourth-order valence-corrected chi connectivity index (χ4v) is 4.70. The number of aryl methyl sites for hydroxylation is 1. The summed E-state index contributed by atoms with van der Waals surface area (Å²) in [5.41, 5.74) is 2.19. The molecule has 25 heavy (non-hydrogen) atoms. The van der Waals surface area contributed by atoms with Gasteiger partial charge in [-0.1, -0.05) is 23.7 Å². The number of carbonyl (C=O) groups is 2. The summed E-state index contributed by atoms with van der Waals surface area (Å²) in [5.74, 6) is -0.280. The molecule has 2 amide bonds. The standard InChI is InChI=1S/C19H21ClN2O2S/c1-3-22(4-2)19(24)16-13-9-7-11-15(13)25-18(16)21-17(23)12-8-5-6-10-14(12)20/h5-6,8,10H,3-4,7,9,11H2,1-2H3,(H,21,23). The predicted octanol–water partition coefficient (Wildman–Crippen LogP) is 4.62. The highest BCUT2D eigenvalue weighted by Gasteiger charge is 2.29. The van der Waals surface area contributed by atoms with Gasteiger partial charge in [0, 0.05) is 18.0 Å². The van der Waals surface area contributed by atoms with Crippen LogP contribution in [-0.4, -0.2) is 29.8 Å². The first-order chi connectivity index (χ1) is 12.1. The highest BCUT2D eigenvalue weighted by Crippen LogP contribution is 2.40. The Morgan fingerprint density at radius 1 is 1.20 bits per heavy atom. The number of thiophene rings is 1. The summed E-state index contributed by atoms with van der Waals surface area (Å²) >= 11 is 7.65. The van der Waals surface area contributed by atoms with E-state index in [4.69, 9.17) is 11.6 Å². The Labute approximate surface area is 156 Å². The second-order valence-corrected chi connectivity index (χ2v) is 7.49. The van der Waals surface area contributed by atoms with E-state index in [-0.39, 0.29) is 11.8 Å². The van der Waals surface area contributed by atoms with Crippen molar-refractivity contribution in [3.63, 3.8) is 0 Å². The van der Waals surface area contributed by atoms with Crippen molar-refractivity contribution in [2.24, 2.45) is 0 Å². The van der Waals surface area contributed by atoms with Gasteiger partial charge in [-0.3, -0.25) is 9.59 Å². The van der Waals surface area contributed by atoms with Crippen molar-refractivity contribution in [2.75, 3.05) is 18.4 Å². The lowest BCUT2D eigenvalue weighted by molar-refractivity contribution is 0.0773. The van der Waals surface area contributed by atoms with Gasteiger partial charge in [0.15, 0.2) is 0 Å². The van der Waals surface area contributed by atoms with Gasteiger partial charge in [0.2, 0.25) is 0 Å². The van der Waals surface area contributed by atoms with Crippen LogP contribution in [0.25, 0.3) is 0 Å². The summed E-state index contributed by atoms with van der Waals surface area (Å²) in [6.45, 7) is 5.24. The Morgan fingerprint density at radius 3 is 2.60 bits per heavy atom. The highest BCUT2D eigenvalue weighted by atomic mass is 35.5. The molecule has 0 saturated heterocycles. The number of benzene rings is 1. The van der Waals surface area contributed by atoms with Gasteiger partial charge in [0.1, 0.15) is 5.00 Å². The molecule has 1 aliphatic carbocycles. The molecule has 0 aliphatic heterocycles. The zero-order valence-corrected chi connectivity index (χ0v) is 16.0. The molecular formula is C19H21ClN2O2S. The van der Waals surface area contributed by atoms with Gasteiger partial charge in [-0.05, 0) is 50.8 Å². The van der Waals surface area contributed by atoms with Crippen molar-refractivity contribution in [1.29, 1.82) is 0 Å². The number of rotatable bonds is 5. The quantitative estimate of drug-likeness (QED) is 0.827. The van der Waals surface area contributed by atoms with E-state index in [0.29, 0.717) is 34.2 Å². The van der Waals surface area contributed by atoms with Crippen LogP contribution in [-0.2, 0) is 12.8 Å². The second kappa shape index (κ2) is 7.58. The Kier molecular flexibility index (Phi) is 5.45. The SMILES string of the molecule is CCN(CC)C(=O)c1c(NC(=O)c2ccccc2Cl)sc2c1CCC2. The van der Waals surface area contributed by atoms with Crippen LogP contribution in [0.2, 0.25) is 5.02 Å². The molecule has 0 unspecified atom stereocenters. The van der Waals surface area contributed by atoms with Crippen molar-refractivity contribution in [1.82, 2.24) is 4.90 Å². The Balaban J connectivity index is 1.96. The van der Waals surface area contributed by atoms with Gasteiger partial charge in [0.25, 0.3) is 11.8 Å². The molecule has 3 rings (SSSR count). The molecule has 0 saturated carbocycles. The zero-order valence-electron chi connectivity index (χ0n) is 14.4. The first-order valence-corrected chi connectivity index (χ1v) is 9.75. The monoisotopic (exact) mass is 376 g/mol. The van der Waals surface area contributed by atoms with Gasteiger partial charge < -0.3 is 10.2 Å². The zero-order chi connectivity index (χ0) is 18.0. The molecule has 0 radical (unpaired) electrons. The average molecular weight is 377 g/mol. The summed E-state index contributed by atoms with van der Waals surface area (Å²) in [5, 5.41) is 3.98. The first-order valence-electron chi connectivity index (χ1n) is 8.56. The number of anilines is 1. The van der Waals surface area contributed by atoms with E-state index in [0.717, 1.165) is 24.8 Å². The number of fused-ring (bicyclic) bond motifs is 1. The third kappa shape index (κ3) is 3.44. The molecule has 1 heterocycles. The summed E-state index contributed by atoms with van der Waals surface area (Å²) in [6.07, 6.45) is 2.94. The van der Waals surface area contributed by atoms with Crippen molar-refractivity contribution in [3.05, 3.63) is 50.9 Å². The van der Waals surface area contributed by atoms with Gasteiger partial charge in [-0.2, -0.15) is 0 Å². The molecule has 1 aromatic heterocycles. The number of hydrogen-bond donors (Lipinski definition) is 1. The van der Waals surface area contributed by atoms with Crippen molar-refractivity contribution in [3.8, 4) is 0 Å². The minimum atomic E-state index is -0.279. The fourth-order valence-electron chi connectivity index (χ4n) is 3.20. The Hall–Kier alpha value is -1.85. The van der Waals surface area contributed by atoms with Gasteiger partial charge in [0.05, 0.1) is 16.1 Å². The average Bonchev–Trinajstić information content (AvgIpc) is 3.16. The van der Waals surface area contributed by atoms with Crippen LogP contribution in [0.1, 0.15) is 51.4 Å². The third-order valence-electron chi connectivity index (χ3n) is 4.53. The maximum absolute atomic E-state index is 13.0. The number of carbonyl (C=O) groups excluding carboxylic acids is 2. The molecule has 132 valence electrons. The van der Waals surface area contributed by atoms with Crippen LogP contribution in [0, 0.1) is 0 Å². The van der Waals surface area contributed by atoms with Crippen molar-refractivity contribution >= 4 is 39.8 Å². The lowest BCUT2D eigenvalue weighted by atomic mass is 10.1. The maximum atomic E-state index is 13.0. The molecule has 0 spiro atoms. The molecular weight excluding hydrogens is 356 g/mol. The van der Waals surface area contributed by atoms with Gasteiger partial charge >= 0.3 is 0 Å². The molecule has 0 atom stereocenters. The van der Waals surface area contributed by atoms with E-state index in [1.165, 1.54) is 16.2 Å². The normalized spacial score (nSPS) is 12.8. The van der Waals surface area contributed by atoms with Crippen LogP contribution in [0.3, 0.4) is 0 Å². The molecule has 1 aliphatic rings. The van der Waals surface area contributed by atoms with E-state index < -0.39 is 0 Å². The molecule has 2 aromatic rings. The summed E-state index contributed by atoms with van der Waals surface area (Å²) < 4.78 is 0. The van der Waals surface area contributed by atoms with E-state index in [9.17, 15) is 9.59 Å². The predicted molar refractivity (Wildman–Crippen MR) is 103 cm³/mol. The molecule has 4 nitrogen and oxygen atoms in total. The lowest BCUT2D eigenvalue weighted by Gasteiger charge is -2.20. The van der Waals surface area contributed by atoms with Crippen molar-refractivity contribution in [2.45, 2.75) is 33.1 Å². The second-order valence-electron chi connectivity index (χ2n) is 5.97. The Bertz CT molecular complexity index is 812. The number of nitrogens with one attached hydrogen (secondary N) is 1. The number of hydrogen-bond acceptors (Lipinski definition) is 3. The fraction of sp³-hybridized carbons (Fsp3) is 0.368. The van der Waals surface area contributed by atoms with Crippen molar-refractivity contribution < 1.29 is 9.59 Å². The number of nitrogens with zero attached hydrogens (tertiary/aromatic N) is 1. The lowest BCUT2D eigenvalue weighted by Crippen LogP contribution is -2.31. The van der Waals surface area contributed by atoms with E-state index in [1.807, 2.05) is 13.8 Å². The molecule has 1 aromatic carbocycles. The number of halogens is 1. The van der Waals surface area contributed by atoms with Crippen LogP contribution in [0.15, 0.2) is 24.3 Å². The highest BCUT2D eigenvalue weighted by molar-refractivity contribution is 7.17. The van der Waals surface area contributed by atoms with E-state index >= 15 is 0 Å². The number of amides is 2. The minimum absolute atomic E-state index is 0.00106. The topological polar surface area (TPSA) is 49.4 Å². The summed E-state index contributed by atoms with van der Waals surface area (Å²) in [4.78, 5) is 28.6. The summed E-state index contributed by atoms with van der Waals surface area (Å²) in [7, 11) is 0. The van der Waals surface area contributed by atoms with E-state index in [2.05, 4.69) is 5.32 Å². The largest absolute Gasteiger partial charge is 0.339 e. The molecule has 6 heteroatoms.